The highest BCUT2D eigenvalue weighted by Gasteiger charge is 2.26. The first kappa shape index (κ1) is 24.3. The Balaban J connectivity index is 1.82. The molecule has 0 aromatic heterocycles. The van der Waals surface area contributed by atoms with Gasteiger partial charge in [-0.1, -0.05) is 6.07 Å². The molecule has 0 bridgehead atoms. The number of anilines is 1. The molecule has 9 heteroatoms. The van der Waals surface area contributed by atoms with Crippen LogP contribution in [0.15, 0.2) is 24.3 Å². The van der Waals surface area contributed by atoms with Gasteiger partial charge >= 0.3 is 0 Å². The van der Waals surface area contributed by atoms with Crippen LogP contribution in [0.1, 0.15) is 57.3 Å². The fraction of sp³-hybridized carbons (Fsp3) is 0.619. The first-order valence-electron chi connectivity index (χ1n) is 10.4. The third-order valence-electron chi connectivity index (χ3n) is 4.85. The summed E-state index contributed by atoms with van der Waals surface area (Å²) in [4.78, 5) is 26.8. The Morgan fingerprint density at radius 3 is 2.47 bits per heavy atom. The van der Waals surface area contributed by atoms with Gasteiger partial charge in [-0.3, -0.25) is 9.59 Å². The van der Waals surface area contributed by atoms with Gasteiger partial charge in [0.2, 0.25) is 15.9 Å². The van der Waals surface area contributed by atoms with E-state index in [1.165, 1.54) is 0 Å². The lowest BCUT2D eigenvalue weighted by Gasteiger charge is -2.35. The third-order valence-corrected chi connectivity index (χ3v) is 6.70. The topological polar surface area (TPSA) is 105 Å². The molecule has 0 radical (unpaired) electrons. The molecule has 1 aliphatic heterocycles. The Bertz CT molecular complexity index is 831. The van der Waals surface area contributed by atoms with Gasteiger partial charge in [0.15, 0.2) is 0 Å². The fourth-order valence-corrected chi connectivity index (χ4v) is 4.03. The van der Waals surface area contributed by atoms with E-state index in [1.54, 1.807) is 43.0 Å². The van der Waals surface area contributed by atoms with Gasteiger partial charge < -0.3 is 15.0 Å². The van der Waals surface area contributed by atoms with E-state index in [4.69, 9.17) is 4.74 Å². The normalized spacial score (nSPS) is 19.7. The van der Waals surface area contributed by atoms with Crippen LogP contribution >= 0.6 is 0 Å². The Morgan fingerprint density at radius 2 is 1.83 bits per heavy atom. The number of ether oxygens (including phenoxy) is 1. The zero-order valence-electron chi connectivity index (χ0n) is 18.2. The van der Waals surface area contributed by atoms with Gasteiger partial charge in [-0.05, 0) is 58.7 Å². The van der Waals surface area contributed by atoms with Crippen LogP contribution in [-0.2, 0) is 19.6 Å². The Morgan fingerprint density at radius 1 is 1.17 bits per heavy atom. The van der Waals surface area contributed by atoms with E-state index in [0.29, 0.717) is 43.7 Å². The maximum Gasteiger partial charge on any atom is 0.254 e. The summed E-state index contributed by atoms with van der Waals surface area (Å²) in [5, 5.41) is 2.34. The van der Waals surface area contributed by atoms with Crippen LogP contribution in [0.3, 0.4) is 0 Å². The number of carbonyl (C=O) groups is 2. The monoisotopic (exact) mass is 439 g/mol. The average Bonchev–Trinajstić information content (AvgIpc) is 2.66. The van der Waals surface area contributed by atoms with Crippen molar-refractivity contribution in [2.45, 2.75) is 64.4 Å². The second-order valence-electron chi connectivity index (χ2n) is 8.04. The smallest absolute Gasteiger partial charge is 0.254 e. The maximum absolute atomic E-state index is 12.8. The molecule has 0 spiro atoms. The van der Waals surface area contributed by atoms with Crippen molar-refractivity contribution in [3.8, 4) is 0 Å². The molecule has 1 saturated heterocycles. The van der Waals surface area contributed by atoms with Gasteiger partial charge in [0.1, 0.15) is 0 Å². The molecular weight excluding hydrogens is 406 g/mol. The summed E-state index contributed by atoms with van der Waals surface area (Å²) in [6, 6.07) is 6.91. The molecule has 2 unspecified atom stereocenters. The summed E-state index contributed by atoms with van der Waals surface area (Å²) in [5.74, 6) is -0.245. The molecule has 1 aromatic carbocycles. The van der Waals surface area contributed by atoms with Gasteiger partial charge in [-0.2, -0.15) is 0 Å². The lowest BCUT2D eigenvalue weighted by molar-refractivity contribution is -0.116. The second-order valence-corrected chi connectivity index (χ2v) is 10.4. The van der Waals surface area contributed by atoms with E-state index in [1.807, 2.05) is 13.8 Å². The van der Waals surface area contributed by atoms with E-state index in [0.717, 1.165) is 0 Å². The highest BCUT2D eigenvalue weighted by atomic mass is 32.2. The van der Waals surface area contributed by atoms with Gasteiger partial charge in [0.25, 0.3) is 5.91 Å². The number of hydrogen-bond donors (Lipinski definition) is 2. The Kier molecular flexibility index (Phi) is 8.81. The summed E-state index contributed by atoms with van der Waals surface area (Å²) in [6.45, 7) is 8.53. The summed E-state index contributed by atoms with van der Waals surface area (Å²) >= 11 is 0. The minimum Gasteiger partial charge on any atom is -0.372 e. The quantitative estimate of drug-likeness (QED) is 0.575. The lowest BCUT2D eigenvalue weighted by Crippen LogP contribution is -2.48. The van der Waals surface area contributed by atoms with Crippen molar-refractivity contribution < 1.29 is 22.7 Å². The van der Waals surface area contributed by atoms with Gasteiger partial charge in [-0.15, -0.1) is 0 Å². The second kappa shape index (κ2) is 10.9. The number of nitrogens with zero attached hydrogens (tertiary/aromatic N) is 1. The average molecular weight is 440 g/mol. The van der Waals surface area contributed by atoms with Crippen molar-refractivity contribution in [2.24, 2.45) is 0 Å². The first-order valence-corrected chi connectivity index (χ1v) is 12.0. The number of rotatable bonds is 9. The Hall–Kier alpha value is -1.97. The number of morpholine rings is 1. The third kappa shape index (κ3) is 7.37. The first-order chi connectivity index (χ1) is 14.1. The highest BCUT2D eigenvalue weighted by molar-refractivity contribution is 7.90. The number of sulfonamides is 1. The van der Waals surface area contributed by atoms with E-state index in [2.05, 4.69) is 10.0 Å². The zero-order valence-corrected chi connectivity index (χ0v) is 19.0. The molecular formula is C21H33N3O5S. The van der Waals surface area contributed by atoms with Crippen molar-refractivity contribution in [3.05, 3.63) is 29.8 Å². The fourth-order valence-electron chi connectivity index (χ4n) is 3.27. The Labute approximate surface area is 179 Å². The summed E-state index contributed by atoms with van der Waals surface area (Å²) in [7, 11) is -3.27. The molecule has 2 atom stereocenters. The van der Waals surface area contributed by atoms with Crippen LogP contribution in [0.4, 0.5) is 5.69 Å². The van der Waals surface area contributed by atoms with Gasteiger partial charge in [0.05, 0.1) is 17.5 Å². The molecule has 2 N–H and O–H groups in total. The van der Waals surface area contributed by atoms with Crippen molar-refractivity contribution in [2.75, 3.05) is 25.0 Å². The minimum atomic E-state index is -3.27. The summed E-state index contributed by atoms with van der Waals surface area (Å²) < 4.78 is 31.6. The molecule has 2 amide bonds. The molecule has 0 saturated carbocycles. The molecule has 30 heavy (non-hydrogen) atoms. The predicted octanol–water partition coefficient (Wildman–Crippen LogP) is 2.37. The van der Waals surface area contributed by atoms with Crippen molar-refractivity contribution >= 4 is 27.5 Å². The standard InChI is InChI=1S/C21H33N3O5S/c1-15(2)30(27,28)22-11-6-5-10-20(25)23-19-9-7-8-18(12-19)21(26)24-13-16(3)29-17(4)14-24/h7-9,12,15-17,22H,5-6,10-11,13-14H2,1-4H3,(H,23,25). The van der Waals surface area contributed by atoms with Crippen LogP contribution in [0.25, 0.3) is 0 Å². The number of hydrogen-bond acceptors (Lipinski definition) is 5. The number of benzene rings is 1. The van der Waals surface area contributed by atoms with E-state index in [9.17, 15) is 18.0 Å². The van der Waals surface area contributed by atoms with Crippen LogP contribution in [0, 0.1) is 0 Å². The van der Waals surface area contributed by atoms with Crippen molar-refractivity contribution in [1.82, 2.24) is 9.62 Å². The van der Waals surface area contributed by atoms with E-state index >= 15 is 0 Å². The van der Waals surface area contributed by atoms with E-state index < -0.39 is 15.3 Å². The number of amides is 2. The van der Waals surface area contributed by atoms with Crippen LogP contribution < -0.4 is 10.0 Å². The molecule has 1 aliphatic rings. The summed E-state index contributed by atoms with van der Waals surface area (Å²) in [6.07, 6.45) is 1.40. The molecule has 2 rings (SSSR count). The van der Waals surface area contributed by atoms with Crippen LogP contribution in [-0.4, -0.2) is 62.2 Å². The predicted molar refractivity (Wildman–Crippen MR) is 117 cm³/mol. The molecule has 168 valence electrons. The molecule has 1 fully saturated rings. The number of carbonyl (C=O) groups excluding carboxylic acids is 2. The molecule has 0 aliphatic carbocycles. The number of nitrogens with one attached hydrogen (secondary N) is 2. The molecule has 1 heterocycles. The van der Waals surface area contributed by atoms with Gasteiger partial charge in [0, 0.05) is 37.3 Å². The lowest BCUT2D eigenvalue weighted by atomic mass is 10.1. The van der Waals surface area contributed by atoms with Crippen molar-refractivity contribution in [3.63, 3.8) is 0 Å². The largest absolute Gasteiger partial charge is 0.372 e. The maximum atomic E-state index is 12.8. The zero-order chi connectivity index (χ0) is 22.3. The number of unbranched alkanes of at least 4 members (excludes halogenated alkanes) is 1. The SMILES string of the molecule is CC1CN(C(=O)c2cccc(NC(=O)CCCCNS(=O)(=O)C(C)C)c2)CC(C)O1. The van der Waals surface area contributed by atoms with E-state index in [-0.39, 0.29) is 30.4 Å². The molecule has 8 nitrogen and oxygen atoms in total. The van der Waals surface area contributed by atoms with Crippen LogP contribution in [0.5, 0.6) is 0 Å². The summed E-state index contributed by atoms with van der Waals surface area (Å²) in [5.41, 5.74) is 1.10. The van der Waals surface area contributed by atoms with Crippen LogP contribution in [0.2, 0.25) is 0 Å². The molecule has 1 aromatic rings. The highest BCUT2D eigenvalue weighted by Crippen LogP contribution is 2.17. The van der Waals surface area contributed by atoms with Crippen molar-refractivity contribution in [1.29, 1.82) is 0 Å². The van der Waals surface area contributed by atoms with Gasteiger partial charge in [-0.25, -0.2) is 13.1 Å². The minimum absolute atomic E-state index is 0.00870.